The Morgan fingerprint density at radius 1 is 1.67 bits per heavy atom. The zero-order valence-electron chi connectivity index (χ0n) is 10.3. The minimum atomic E-state index is -3.93. The molecule has 1 fully saturated rings. The van der Waals surface area contributed by atoms with Gasteiger partial charge < -0.3 is 0 Å². The molecule has 3 atom stereocenters. The van der Waals surface area contributed by atoms with E-state index in [1.807, 2.05) is 0 Å². The first-order chi connectivity index (χ1) is 8.48. The molecule has 0 aromatic rings. The molecule has 0 radical (unpaired) electrons. The minimum absolute atomic E-state index is 0.0577. The molecule has 1 aliphatic rings. The number of carbonyl (C=O) groups excluding carboxylic acids is 1. The average Bonchev–Trinajstić information content (AvgIpc) is 2.68. The van der Waals surface area contributed by atoms with Crippen LogP contribution in [0.25, 0.3) is 0 Å². The number of aldehydes is 1. The van der Waals surface area contributed by atoms with Gasteiger partial charge in [-0.3, -0.25) is 0 Å². The fourth-order valence-corrected chi connectivity index (χ4v) is 8.55. The zero-order chi connectivity index (χ0) is 13.6. The molecule has 1 aliphatic heterocycles. The molecular formula is C9H18IO6PS. The molecule has 1 saturated heterocycles. The van der Waals surface area contributed by atoms with E-state index in [0.717, 1.165) is 23.6 Å². The van der Waals surface area contributed by atoms with E-state index in [-0.39, 0.29) is 18.0 Å². The molecule has 0 aromatic heterocycles. The van der Waals surface area contributed by atoms with Crippen molar-refractivity contribution in [2.24, 2.45) is 0 Å². The van der Waals surface area contributed by atoms with Crippen LogP contribution < -0.4 is 0 Å². The van der Waals surface area contributed by atoms with E-state index in [2.05, 4.69) is 9.45 Å². The van der Waals surface area contributed by atoms with E-state index in [4.69, 9.17) is 12.5 Å². The van der Waals surface area contributed by atoms with Crippen molar-refractivity contribution in [2.45, 2.75) is 17.8 Å². The number of hydrogen-bond donors (Lipinski definition) is 1. The maximum atomic E-state index is 11.2. The molecule has 0 bridgehead atoms. The van der Waals surface area contributed by atoms with E-state index < -0.39 is 28.1 Å². The van der Waals surface area contributed by atoms with Crippen LogP contribution in [0.4, 0.5) is 0 Å². The number of phosphoric acid groups is 1. The molecular weight excluding hydrogens is 394 g/mol. The second-order valence-electron chi connectivity index (χ2n) is 3.62. The van der Waals surface area contributed by atoms with Crippen LogP contribution in [0.1, 0.15) is 6.42 Å². The second-order valence-corrected chi connectivity index (χ2v) is 11.0. The van der Waals surface area contributed by atoms with Crippen LogP contribution in [-0.2, 0) is 21.5 Å². The van der Waals surface area contributed by atoms with E-state index in [0.29, 0.717) is 6.42 Å². The van der Waals surface area contributed by atoms with Crippen LogP contribution in [-0.4, -0.2) is 51.4 Å². The fourth-order valence-electron chi connectivity index (χ4n) is 1.38. The van der Waals surface area contributed by atoms with Crippen molar-refractivity contribution in [3.05, 3.63) is 0 Å². The molecule has 1 heterocycles. The summed E-state index contributed by atoms with van der Waals surface area (Å²) >= 11 is 0.290. The molecule has 1 rings (SSSR count). The normalized spacial score (nSPS) is 29.2. The summed E-state index contributed by atoms with van der Waals surface area (Å²) < 4.78 is 27.2. The van der Waals surface area contributed by atoms with Gasteiger partial charge in [-0.1, -0.05) is 0 Å². The van der Waals surface area contributed by atoms with Gasteiger partial charge in [-0.05, 0) is 0 Å². The number of hydrogen-bond acceptors (Lipinski definition) is 6. The summed E-state index contributed by atoms with van der Waals surface area (Å²) in [6.07, 6.45) is 1.24. The van der Waals surface area contributed by atoms with Gasteiger partial charge in [0.25, 0.3) is 0 Å². The molecule has 0 spiro atoms. The van der Waals surface area contributed by atoms with Crippen LogP contribution in [0, 0.1) is 0 Å². The Kier molecular flexibility index (Phi) is 7.67. The van der Waals surface area contributed by atoms with Crippen molar-refractivity contribution in [2.75, 3.05) is 28.8 Å². The van der Waals surface area contributed by atoms with E-state index in [1.165, 1.54) is 0 Å². The topological polar surface area (TPSA) is 82.1 Å². The molecule has 0 saturated carbocycles. The van der Waals surface area contributed by atoms with Crippen molar-refractivity contribution in [1.82, 2.24) is 0 Å². The number of carbonyl (C=O) groups is 1. The standard InChI is InChI=1S/C9H18IO6PS/c1-10-6-9(18-5-3-4-11)8(16-10)7-15-17(12,13)14-2/h4,8-9H,3,5-7H2,1-2H3,(H,12,13). The fraction of sp³-hybridized carbons (Fsp3) is 0.889. The summed E-state index contributed by atoms with van der Waals surface area (Å²) in [5, 5.41) is 0.247. The van der Waals surface area contributed by atoms with Crippen LogP contribution >= 0.6 is 39.8 Å². The van der Waals surface area contributed by atoms with Gasteiger partial charge in [-0.15, -0.1) is 0 Å². The van der Waals surface area contributed by atoms with Gasteiger partial charge in [0, 0.05) is 0 Å². The van der Waals surface area contributed by atoms with Crippen molar-refractivity contribution < 1.29 is 26.4 Å². The van der Waals surface area contributed by atoms with Gasteiger partial charge in [-0.2, -0.15) is 0 Å². The van der Waals surface area contributed by atoms with E-state index in [9.17, 15) is 9.36 Å². The summed E-state index contributed by atoms with van der Waals surface area (Å²) in [5.41, 5.74) is 0. The van der Waals surface area contributed by atoms with Gasteiger partial charge in [0.2, 0.25) is 0 Å². The Morgan fingerprint density at radius 3 is 3.00 bits per heavy atom. The van der Waals surface area contributed by atoms with Crippen molar-refractivity contribution in [3.8, 4) is 0 Å². The Balaban J connectivity index is 2.41. The Hall–Kier alpha value is 0.820. The molecule has 9 heteroatoms. The first kappa shape index (κ1) is 16.9. The summed E-state index contributed by atoms with van der Waals surface area (Å²) in [7, 11) is -2.80. The molecule has 6 nitrogen and oxygen atoms in total. The number of halogens is 1. The summed E-state index contributed by atoms with van der Waals surface area (Å²) in [6.45, 7) is 0.0577. The Labute approximate surface area is 119 Å². The maximum absolute atomic E-state index is 11.2. The quantitative estimate of drug-likeness (QED) is 0.214. The van der Waals surface area contributed by atoms with Crippen LogP contribution in [0.15, 0.2) is 0 Å². The third-order valence-electron chi connectivity index (χ3n) is 2.25. The number of alkyl halides is 2. The van der Waals surface area contributed by atoms with E-state index >= 15 is 0 Å². The van der Waals surface area contributed by atoms with Gasteiger partial charge in [0.1, 0.15) is 0 Å². The van der Waals surface area contributed by atoms with Crippen LogP contribution in [0.5, 0.6) is 0 Å². The summed E-state index contributed by atoms with van der Waals surface area (Å²) in [5.74, 6) is 0.749. The summed E-state index contributed by atoms with van der Waals surface area (Å²) in [4.78, 5) is 21.5. The predicted molar refractivity (Wildman–Crippen MR) is 79.4 cm³/mol. The van der Waals surface area contributed by atoms with E-state index in [1.54, 1.807) is 11.8 Å². The number of thioether (sulfide) groups is 1. The molecule has 0 amide bonds. The van der Waals surface area contributed by atoms with Crippen molar-refractivity contribution >= 4 is 46.1 Å². The van der Waals surface area contributed by atoms with Gasteiger partial charge in [0.05, 0.1) is 0 Å². The van der Waals surface area contributed by atoms with Crippen molar-refractivity contribution in [1.29, 1.82) is 0 Å². The third kappa shape index (κ3) is 5.85. The predicted octanol–water partition coefficient (Wildman–Crippen LogP) is 1.89. The Bertz CT molecular complexity index is 317. The van der Waals surface area contributed by atoms with Gasteiger partial charge in [0.15, 0.2) is 0 Å². The van der Waals surface area contributed by atoms with Crippen LogP contribution in [0.2, 0.25) is 0 Å². The SMILES string of the molecule is COP(=O)(O)OCC1OI(C)CC1SCCC=O. The number of rotatable bonds is 8. The van der Waals surface area contributed by atoms with Gasteiger partial charge in [-0.25, -0.2) is 0 Å². The first-order valence-corrected chi connectivity index (χ1v) is 12.4. The summed E-state index contributed by atoms with van der Waals surface area (Å²) in [6, 6.07) is 0. The first-order valence-electron chi connectivity index (χ1n) is 5.30. The molecule has 0 aromatic carbocycles. The molecule has 1 N–H and O–H groups in total. The third-order valence-corrected chi connectivity index (χ3v) is 8.87. The molecule has 0 aliphatic carbocycles. The molecule has 3 unspecified atom stereocenters. The molecule has 108 valence electrons. The van der Waals surface area contributed by atoms with Crippen molar-refractivity contribution in [3.63, 3.8) is 0 Å². The van der Waals surface area contributed by atoms with Crippen LogP contribution in [0.3, 0.4) is 0 Å². The zero-order valence-corrected chi connectivity index (χ0v) is 14.2. The monoisotopic (exact) mass is 412 g/mol. The molecule has 18 heavy (non-hydrogen) atoms. The second kappa shape index (κ2) is 8.18. The number of phosphoric ester groups is 1. The average molecular weight is 412 g/mol. The van der Waals surface area contributed by atoms with Gasteiger partial charge >= 0.3 is 119 Å². The Morgan fingerprint density at radius 2 is 2.39 bits per heavy atom.